The van der Waals surface area contributed by atoms with Gasteiger partial charge in [0.25, 0.3) is 11.6 Å². The van der Waals surface area contributed by atoms with Crippen LogP contribution in [0.2, 0.25) is 5.02 Å². The maximum atomic E-state index is 13.4. The Labute approximate surface area is 182 Å². The molecule has 9 heteroatoms. The number of hydrogen-bond acceptors (Lipinski definition) is 6. The van der Waals surface area contributed by atoms with Crippen LogP contribution < -0.4 is 5.43 Å². The van der Waals surface area contributed by atoms with E-state index in [1.165, 1.54) is 18.2 Å². The Kier molecular flexibility index (Phi) is 5.51. The van der Waals surface area contributed by atoms with E-state index in [0.717, 1.165) is 6.54 Å². The zero-order valence-corrected chi connectivity index (χ0v) is 17.8. The van der Waals surface area contributed by atoms with Crippen LogP contribution in [0, 0.1) is 10.1 Å². The Morgan fingerprint density at radius 3 is 2.52 bits per heavy atom. The summed E-state index contributed by atoms with van der Waals surface area (Å²) >= 11 is 6.07. The molecule has 31 heavy (non-hydrogen) atoms. The highest BCUT2D eigenvalue weighted by Crippen LogP contribution is 2.38. The normalized spacial score (nSPS) is 15.7. The van der Waals surface area contributed by atoms with Gasteiger partial charge in [-0.15, -0.1) is 0 Å². The van der Waals surface area contributed by atoms with Crippen molar-refractivity contribution in [2.45, 2.75) is 12.5 Å². The maximum Gasteiger partial charge on any atom is 0.290 e. The molecule has 8 nitrogen and oxygen atoms in total. The van der Waals surface area contributed by atoms with Gasteiger partial charge in [0.05, 0.1) is 21.9 Å². The lowest BCUT2D eigenvalue weighted by Gasteiger charge is -2.25. The second-order valence-corrected chi connectivity index (χ2v) is 8.16. The number of halogens is 1. The number of amides is 1. The van der Waals surface area contributed by atoms with Crippen LogP contribution in [0.4, 0.5) is 5.69 Å². The molecular formula is C22H20ClN3O5. The van der Waals surface area contributed by atoms with Crippen LogP contribution in [0.15, 0.2) is 51.7 Å². The van der Waals surface area contributed by atoms with Crippen molar-refractivity contribution in [1.29, 1.82) is 0 Å². The number of nitrogens with zero attached hydrogens (tertiary/aromatic N) is 3. The average molecular weight is 442 g/mol. The summed E-state index contributed by atoms with van der Waals surface area (Å²) in [5.74, 6) is -0.362. The molecular weight excluding hydrogens is 422 g/mol. The molecule has 160 valence electrons. The molecule has 1 aliphatic rings. The van der Waals surface area contributed by atoms with Crippen LogP contribution in [0.25, 0.3) is 11.0 Å². The van der Waals surface area contributed by atoms with Crippen LogP contribution >= 0.6 is 11.6 Å². The molecule has 2 aromatic carbocycles. The van der Waals surface area contributed by atoms with E-state index in [0.29, 0.717) is 34.5 Å². The minimum atomic E-state index is -0.690. The summed E-state index contributed by atoms with van der Waals surface area (Å²) in [6.45, 7) is 1.16. The van der Waals surface area contributed by atoms with E-state index in [9.17, 15) is 19.7 Å². The molecule has 1 atom stereocenters. The van der Waals surface area contributed by atoms with Gasteiger partial charge in [0, 0.05) is 23.7 Å². The molecule has 0 spiro atoms. The standard InChI is InChI=1S/C22H20ClN3O5/c1-24(2)10-3-11-25-19(13-4-7-15(8-5-13)26(29)30)18-20(27)16-12-14(23)6-9-17(16)31-21(18)22(25)28/h4-9,12,19H,3,10-11H2,1-2H3/t19-/m0/s1. The summed E-state index contributed by atoms with van der Waals surface area (Å²) in [6.07, 6.45) is 0.690. The van der Waals surface area contributed by atoms with Crippen molar-refractivity contribution in [3.8, 4) is 0 Å². The number of carbonyl (C=O) groups is 1. The smallest absolute Gasteiger partial charge is 0.290 e. The highest BCUT2D eigenvalue weighted by Gasteiger charge is 2.42. The monoisotopic (exact) mass is 441 g/mol. The van der Waals surface area contributed by atoms with E-state index < -0.39 is 11.0 Å². The Balaban J connectivity index is 1.87. The van der Waals surface area contributed by atoms with Crippen molar-refractivity contribution >= 4 is 34.2 Å². The van der Waals surface area contributed by atoms with E-state index in [1.54, 1.807) is 29.2 Å². The van der Waals surface area contributed by atoms with Crippen molar-refractivity contribution in [3.63, 3.8) is 0 Å². The van der Waals surface area contributed by atoms with Crippen molar-refractivity contribution in [1.82, 2.24) is 9.80 Å². The van der Waals surface area contributed by atoms with Crippen molar-refractivity contribution in [2.24, 2.45) is 0 Å². The number of nitro groups is 1. The zero-order chi connectivity index (χ0) is 22.3. The van der Waals surface area contributed by atoms with E-state index in [4.69, 9.17) is 16.0 Å². The quantitative estimate of drug-likeness (QED) is 0.425. The van der Waals surface area contributed by atoms with Gasteiger partial charge in [-0.25, -0.2) is 0 Å². The summed E-state index contributed by atoms with van der Waals surface area (Å²) in [5, 5.41) is 11.7. The Bertz CT molecular complexity index is 1240. The molecule has 1 amide bonds. The predicted octanol–water partition coefficient (Wildman–Crippen LogP) is 3.85. The summed E-state index contributed by atoms with van der Waals surface area (Å²) in [7, 11) is 3.88. The van der Waals surface area contributed by atoms with Gasteiger partial charge in [-0.05, 0) is 63.0 Å². The molecule has 0 radical (unpaired) electrons. The van der Waals surface area contributed by atoms with Gasteiger partial charge in [-0.1, -0.05) is 11.6 Å². The summed E-state index contributed by atoms with van der Waals surface area (Å²) in [5.41, 5.74) is 0.740. The fraction of sp³-hybridized carbons (Fsp3) is 0.273. The molecule has 0 N–H and O–H groups in total. The van der Waals surface area contributed by atoms with Crippen LogP contribution in [0.1, 0.15) is 34.1 Å². The molecule has 0 bridgehead atoms. The molecule has 2 heterocycles. The molecule has 1 aliphatic heterocycles. The van der Waals surface area contributed by atoms with E-state index >= 15 is 0 Å². The average Bonchev–Trinajstić information content (AvgIpc) is 3.01. The fourth-order valence-corrected chi connectivity index (χ4v) is 4.08. The van der Waals surface area contributed by atoms with E-state index in [-0.39, 0.29) is 28.3 Å². The Morgan fingerprint density at radius 2 is 1.87 bits per heavy atom. The molecule has 0 unspecified atom stereocenters. The third-order valence-corrected chi connectivity index (χ3v) is 5.59. The van der Waals surface area contributed by atoms with Gasteiger partial charge in [-0.2, -0.15) is 0 Å². The van der Waals surface area contributed by atoms with Crippen LogP contribution in [-0.4, -0.2) is 47.8 Å². The number of benzene rings is 2. The lowest BCUT2D eigenvalue weighted by molar-refractivity contribution is -0.384. The second kappa shape index (κ2) is 8.13. The van der Waals surface area contributed by atoms with Crippen molar-refractivity contribution in [3.05, 3.63) is 84.7 Å². The lowest BCUT2D eigenvalue weighted by atomic mass is 9.98. The van der Waals surface area contributed by atoms with Gasteiger partial charge >= 0.3 is 0 Å². The van der Waals surface area contributed by atoms with Gasteiger partial charge in [0.1, 0.15) is 5.58 Å². The topological polar surface area (TPSA) is 96.9 Å². The first-order chi connectivity index (χ1) is 14.8. The number of carbonyl (C=O) groups excluding carboxylic acids is 1. The van der Waals surface area contributed by atoms with Crippen molar-refractivity contribution < 1.29 is 14.1 Å². The highest BCUT2D eigenvalue weighted by molar-refractivity contribution is 6.31. The third kappa shape index (κ3) is 3.80. The number of non-ortho nitro benzene ring substituents is 1. The predicted molar refractivity (Wildman–Crippen MR) is 117 cm³/mol. The van der Waals surface area contributed by atoms with E-state index in [2.05, 4.69) is 0 Å². The third-order valence-electron chi connectivity index (χ3n) is 5.35. The van der Waals surface area contributed by atoms with Gasteiger partial charge in [-0.3, -0.25) is 19.7 Å². The van der Waals surface area contributed by atoms with E-state index in [1.807, 2.05) is 19.0 Å². The molecule has 0 saturated carbocycles. The second-order valence-electron chi connectivity index (χ2n) is 7.72. The fourth-order valence-electron chi connectivity index (χ4n) is 3.91. The highest BCUT2D eigenvalue weighted by atomic mass is 35.5. The molecule has 3 aromatic rings. The Hall–Kier alpha value is -3.23. The molecule has 0 aliphatic carbocycles. The van der Waals surface area contributed by atoms with Gasteiger partial charge in [0.15, 0.2) is 5.43 Å². The summed E-state index contributed by atoms with van der Waals surface area (Å²) in [6, 6.07) is 9.89. The van der Waals surface area contributed by atoms with Crippen LogP contribution in [0.3, 0.4) is 0 Å². The maximum absolute atomic E-state index is 13.4. The number of fused-ring (bicyclic) bond motifs is 2. The number of hydrogen-bond donors (Lipinski definition) is 0. The van der Waals surface area contributed by atoms with Crippen LogP contribution in [0.5, 0.6) is 0 Å². The summed E-state index contributed by atoms with van der Waals surface area (Å²) in [4.78, 5) is 40.8. The first-order valence-corrected chi connectivity index (χ1v) is 10.1. The Morgan fingerprint density at radius 1 is 1.16 bits per heavy atom. The van der Waals surface area contributed by atoms with Gasteiger partial charge in [0.2, 0.25) is 5.76 Å². The zero-order valence-electron chi connectivity index (χ0n) is 17.0. The number of rotatable bonds is 6. The minimum absolute atomic E-state index is 0.00743. The minimum Gasteiger partial charge on any atom is -0.450 e. The molecule has 0 saturated heterocycles. The van der Waals surface area contributed by atoms with Crippen molar-refractivity contribution in [2.75, 3.05) is 27.2 Å². The summed E-state index contributed by atoms with van der Waals surface area (Å²) < 4.78 is 5.86. The lowest BCUT2D eigenvalue weighted by Crippen LogP contribution is -2.32. The molecule has 0 fully saturated rings. The first-order valence-electron chi connectivity index (χ1n) is 9.74. The molecule has 1 aromatic heterocycles. The SMILES string of the molecule is CN(C)CCCN1C(=O)c2oc3ccc(Cl)cc3c(=O)c2[C@@H]1c1ccc([N+](=O)[O-])cc1. The van der Waals surface area contributed by atoms with Gasteiger partial charge < -0.3 is 14.2 Å². The largest absolute Gasteiger partial charge is 0.450 e. The number of nitro benzene ring substituents is 1. The van der Waals surface area contributed by atoms with Crippen LogP contribution in [-0.2, 0) is 0 Å². The molecule has 4 rings (SSSR count). The first kappa shape index (κ1) is 21.0.